The number of halogens is 12. The normalized spacial score (nSPS) is 13.2. The predicted molar refractivity (Wildman–Crippen MR) is 141 cm³/mol. The number of nitrogens with zero attached hydrogens (tertiary/aromatic N) is 4. The highest BCUT2D eigenvalue weighted by molar-refractivity contribution is 5.78. The zero-order chi connectivity index (χ0) is 36.6. The van der Waals surface area contributed by atoms with Gasteiger partial charge in [-0.15, -0.1) is 0 Å². The van der Waals surface area contributed by atoms with Crippen LogP contribution >= 0.6 is 0 Å². The summed E-state index contributed by atoms with van der Waals surface area (Å²) in [5.74, 6) is -26.1. The Morgan fingerprint density at radius 3 is 1.33 bits per heavy atom. The standard InChI is InChI=1S/C32H14F12N4/c1-11(12(2)17-26(39)22(35)15(8-46)23(36)27(17)40)6-32(10-48,19-30(43)20(33)13(3)21(34)31(19)44)5-4-14(7-45)18-28(41)24(37)16(9-47)25(38)29(18)42/h4H,5-6H2,1-3H3/b12-11+,14-4-. The van der Waals surface area contributed by atoms with E-state index in [9.17, 15) is 54.4 Å². The molecule has 246 valence electrons. The first-order valence-electron chi connectivity index (χ1n) is 12.9. The Kier molecular flexibility index (Phi) is 10.4. The van der Waals surface area contributed by atoms with E-state index in [2.05, 4.69) is 0 Å². The zero-order valence-corrected chi connectivity index (χ0v) is 24.3. The zero-order valence-electron chi connectivity index (χ0n) is 24.3. The average Bonchev–Trinajstić information content (AvgIpc) is 3.06. The summed E-state index contributed by atoms with van der Waals surface area (Å²) >= 11 is 0. The van der Waals surface area contributed by atoms with Crippen molar-refractivity contribution in [2.45, 2.75) is 39.0 Å². The summed E-state index contributed by atoms with van der Waals surface area (Å²) in [6, 6.07) is 4.25. The van der Waals surface area contributed by atoms with Crippen LogP contribution in [0.4, 0.5) is 52.7 Å². The number of rotatable bonds is 7. The van der Waals surface area contributed by atoms with Gasteiger partial charge in [-0.3, -0.25) is 0 Å². The maximum atomic E-state index is 15.4. The maximum Gasteiger partial charge on any atom is 0.180 e. The molecule has 48 heavy (non-hydrogen) atoms. The molecule has 0 N–H and O–H groups in total. The quantitative estimate of drug-likeness (QED) is 0.141. The predicted octanol–water partition coefficient (Wildman–Crippen LogP) is 9.05. The lowest BCUT2D eigenvalue weighted by Crippen LogP contribution is -2.29. The molecule has 0 spiro atoms. The van der Waals surface area contributed by atoms with Crippen LogP contribution in [-0.2, 0) is 5.41 Å². The Balaban J connectivity index is 2.43. The second-order valence-electron chi connectivity index (χ2n) is 10.2. The summed E-state index contributed by atoms with van der Waals surface area (Å²) in [6.07, 6.45) is -2.32. The number of hydrogen-bond donors (Lipinski definition) is 0. The molecule has 4 nitrogen and oxygen atoms in total. The minimum Gasteiger partial charge on any atom is -0.203 e. The smallest absolute Gasteiger partial charge is 0.180 e. The highest BCUT2D eigenvalue weighted by Crippen LogP contribution is 2.43. The van der Waals surface area contributed by atoms with E-state index in [0.29, 0.717) is 13.0 Å². The largest absolute Gasteiger partial charge is 0.203 e. The van der Waals surface area contributed by atoms with Gasteiger partial charge in [0.15, 0.2) is 69.8 Å². The monoisotopic (exact) mass is 682 g/mol. The Hall–Kier alpha value is -5.74. The molecular formula is C32H14F12N4. The number of hydrogen-bond acceptors (Lipinski definition) is 4. The summed E-state index contributed by atoms with van der Waals surface area (Å²) in [7, 11) is 0. The number of allylic oxidation sites excluding steroid dienone is 4. The van der Waals surface area contributed by atoms with Crippen LogP contribution in [0.1, 0.15) is 60.1 Å². The lowest BCUT2D eigenvalue weighted by atomic mass is 9.72. The molecule has 0 aliphatic carbocycles. The third-order valence-electron chi connectivity index (χ3n) is 7.55. The summed E-state index contributed by atoms with van der Waals surface area (Å²) in [6.45, 7) is 2.30. The summed E-state index contributed by atoms with van der Waals surface area (Å²) < 4.78 is 177. The van der Waals surface area contributed by atoms with Gasteiger partial charge in [-0.05, 0) is 39.2 Å². The Morgan fingerprint density at radius 2 is 0.979 bits per heavy atom. The minimum absolute atomic E-state index is 0.301. The first-order valence-corrected chi connectivity index (χ1v) is 12.9. The van der Waals surface area contributed by atoms with E-state index in [4.69, 9.17) is 10.5 Å². The Bertz CT molecular complexity index is 2060. The van der Waals surface area contributed by atoms with Gasteiger partial charge in [0.05, 0.1) is 39.8 Å². The van der Waals surface area contributed by atoms with E-state index < -0.39 is 138 Å². The molecule has 1 atom stereocenters. The molecular weight excluding hydrogens is 668 g/mol. The maximum absolute atomic E-state index is 15.4. The molecule has 1 unspecified atom stereocenters. The molecule has 0 aliphatic heterocycles. The van der Waals surface area contributed by atoms with Crippen LogP contribution in [-0.4, -0.2) is 0 Å². The van der Waals surface area contributed by atoms with Crippen molar-refractivity contribution in [2.24, 2.45) is 0 Å². The Morgan fingerprint density at radius 1 is 0.583 bits per heavy atom. The van der Waals surface area contributed by atoms with Gasteiger partial charge in [0.1, 0.15) is 23.3 Å². The van der Waals surface area contributed by atoms with E-state index in [1.54, 1.807) is 0 Å². The third-order valence-corrected chi connectivity index (χ3v) is 7.55. The molecule has 0 heterocycles. The van der Waals surface area contributed by atoms with Crippen molar-refractivity contribution < 1.29 is 52.7 Å². The van der Waals surface area contributed by atoms with Crippen molar-refractivity contribution in [2.75, 3.05) is 0 Å². The molecule has 0 amide bonds. The van der Waals surface area contributed by atoms with Crippen molar-refractivity contribution in [1.29, 1.82) is 21.0 Å². The van der Waals surface area contributed by atoms with Crippen molar-refractivity contribution in [3.63, 3.8) is 0 Å². The fourth-order valence-electron chi connectivity index (χ4n) is 4.87. The van der Waals surface area contributed by atoms with E-state index in [-0.39, 0.29) is 0 Å². The molecule has 0 saturated carbocycles. The fraction of sp³-hybridized carbons (Fsp3) is 0.188. The van der Waals surface area contributed by atoms with Crippen molar-refractivity contribution in [1.82, 2.24) is 0 Å². The number of benzene rings is 3. The van der Waals surface area contributed by atoms with Crippen LogP contribution in [0.5, 0.6) is 0 Å². The molecule has 3 aromatic rings. The van der Waals surface area contributed by atoms with Gasteiger partial charge in [-0.1, -0.05) is 11.6 Å². The van der Waals surface area contributed by atoms with Gasteiger partial charge < -0.3 is 0 Å². The highest BCUT2D eigenvalue weighted by atomic mass is 19.2. The van der Waals surface area contributed by atoms with Gasteiger partial charge in [0.25, 0.3) is 0 Å². The second-order valence-corrected chi connectivity index (χ2v) is 10.2. The lowest BCUT2D eigenvalue weighted by Gasteiger charge is -2.29. The summed E-state index contributed by atoms with van der Waals surface area (Å²) in [5, 5.41) is 37.5. The van der Waals surface area contributed by atoms with E-state index >= 15 is 8.78 Å². The third kappa shape index (κ3) is 5.71. The van der Waals surface area contributed by atoms with Crippen LogP contribution in [0.3, 0.4) is 0 Å². The van der Waals surface area contributed by atoms with Gasteiger partial charge in [-0.25, -0.2) is 52.7 Å². The molecule has 0 saturated heterocycles. The highest BCUT2D eigenvalue weighted by Gasteiger charge is 2.42. The molecule has 0 radical (unpaired) electrons. The van der Waals surface area contributed by atoms with Crippen LogP contribution in [0.25, 0.3) is 11.1 Å². The number of nitriles is 4. The van der Waals surface area contributed by atoms with E-state index in [0.717, 1.165) is 32.1 Å². The molecule has 3 rings (SSSR count). The van der Waals surface area contributed by atoms with Crippen molar-refractivity contribution in [3.8, 4) is 24.3 Å². The molecule has 3 aromatic carbocycles. The molecule has 16 heteroatoms. The van der Waals surface area contributed by atoms with Crippen molar-refractivity contribution in [3.05, 3.63) is 115 Å². The van der Waals surface area contributed by atoms with E-state index in [1.807, 2.05) is 0 Å². The van der Waals surface area contributed by atoms with Crippen LogP contribution in [0, 0.1) is 122 Å². The molecule has 0 fully saturated rings. The SMILES string of the molecule is C/C(CC(C#N)(C/C=C(/C#N)c1c(F)c(F)c(C#N)c(F)c1F)c1c(F)c(F)c(C)c(F)c1F)=C(/C)c1c(F)c(F)c(C#N)c(F)c1F. The molecule has 0 aromatic heterocycles. The first kappa shape index (κ1) is 36.7. The summed E-state index contributed by atoms with van der Waals surface area (Å²) in [5.41, 5.74) is -15.2. The molecule has 0 bridgehead atoms. The van der Waals surface area contributed by atoms with Gasteiger partial charge in [0.2, 0.25) is 0 Å². The van der Waals surface area contributed by atoms with Crippen LogP contribution < -0.4 is 0 Å². The minimum atomic E-state index is -3.05. The molecule has 0 aliphatic rings. The topological polar surface area (TPSA) is 95.2 Å². The first-order chi connectivity index (χ1) is 22.4. The summed E-state index contributed by atoms with van der Waals surface area (Å²) in [4.78, 5) is 0. The average molecular weight is 682 g/mol. The van der Waals surface area contributed by atoms with Crippen molar-refractivity contribution >= 4 is 11.1 Å². The lowest BCUT2D eigenvalue weighted by molar-refractivity contribution is 0.394. The van der Waals surface area contributed by atoms with Gasteiger partial charge >= 0.3 is 0 Å². The second kappa shape index (κ2) is 13.5. The van der Waals surface area contributed by atoms with E-state index in [1.165, 1.54) is 6.07 Å². The van der Waals surface area contributed by atoms with Gasteiger partial charge in [-0.2, -0.15) is 21.0 Å². The fourth-order valence-corrected chi connectivity index (χ4v) is 4.87. The van der Waals surface area contributed by atoms with Crippen LogP contribution in [0.15, 0.2) is 11.6 Å². The Labute approximate surface area is 263 Å². The van der Waals surface area contributed by atoms with Crippen LogP contribution in [0.2, 0.25) is 0 Å². The van der Waals surface area contributed by atoms with Gasteiger partial charge in [0, 0.05) is 5.56 Å².